The van der Waals surface area contributed by atoms with Crippen molar-refractivity contribution in [3.63, 3.8) is 0 Å². The van der Waals surface area contributed by atoms with Gasteiger partial charge in [-0.1, -0.05) is 0 Å². The van der Waals surface area contributed by atoms with Gasteiger partial charge < -0.3 is 24.8 Å². The van der Waals surface area contributed by atoms with Crippen molar-refractivity contribution in [1.82, 2.24) is 0 Å². The van der Waals surface area contributed by atoms with Crippen molar-refractivity contribution < 1.29 is 72.4 Å². The largest absolute Gasteiger partial charge is 1.00 e. The van der Waals surface area contributed by atoms with Crippen molar-refractivity contribution >= 4 is 3.21 Å². The van der Waals surface area contributed by atoms with Gasteiger partial charge in [0.15, 0.2) is 0 Å². The molecule has 0 spiro atoms. The number of allylic oxidation sites excluding steroid dienone is 4. The van der Waals surface area contributed by atoms with Gasteiger partial charge in [-0.25, -0.2) is 0 Å². The van der Waals surface area contributed by atoms with Crippen molar-refractivity contribution in [2.24, 2.45) is 11.3 Å². The maximum absolute atomic E-state index is 14.1. The van der Waals surface area contributed by atoms with Gasteiger partial charge in [0.25, 0.3) is 0 Å². The van der Waals surface area contributed by atoms with E-state index in [1.165, 1.54) is 31.1 Å². The van der Waals surface area contributed by atoms with Gasteiger partial charge in [-0.15, -0.1) is 0 Å². The molecule has 4 aromatic rings. The number of unbranched alkanes of at least 4 members (excludes halogenated alkanes) is 1. The quantitative estimate of drug-likeness (QED) is 0.163. The van der Waals surface area contributed by atoms with Gasteiger partial charge in [0.05, 0.1) is 0 Å². The maximum Gasteiger partial charge on any atom is -1.00 e. The van der Waals surface area contributed by atoms with Crippen LogP contribution in [0.3, 0.4) is 0 Å². The Morgan fingerprint density at radius 3 is 1.29 bits per heavy atom. The van der Waals surface area contributed by atoms with E-state index in [9.17, 15) is 26.3 Å². The molecular weight excluding hydrogens is 865 g/mol. The van der Waals surface area contributed by atoms with Crippen LogP contribution in [0, 0.1) is 11.3 Å². The second-order valence-corrected chi connectivity index (χ2v) is 24.8. The standard InChI is InChI=1S/C21H25.C15H8F6.C13H21.2ClH.Zr/c1-20(2,3)16-7-9-18-14(12-16)11-15-13-17(21(4,5)6)8-10-19(15)18;16-14(17,18)12-5-1-10(2-6-12)9-11-3-7-13(8-4-11)15(19,20)21;1-5-6-7-11-8-9-12(10-11)13(2,3)4;;;/h7-13H,1-6H3;1-8H;9-11H,5-7H2,1-4H3;2*1H;/q;;;;;+2/p-2. The first kappa shape index (κ1) is 47.9. The Morgan fingerprint density at radius 2 is 0.948 bits per heavy atom. The molecule has 0 saturated heterocycles. The normalized spacial score (nSPS) is 15.7. The van der Waals surface area contributed by atoms with Crippen molar-refractivity contribution in [2.45, 2.75) is 115 Å². The third-order valence-corrected chi connectivity index (χ3v) is 19.9. The SMILES string of the molecule is CCCCC1C=C(C(C)(C)C)C=[C]1[Zr+2](=[C](c1ccc(C(F)(F)F)cc1)c1ccc(C(F)(F)F)cc1)[CH]1c2cc(C(C)(C)C)ccc2-c2ccc(C(C)(C)C)cc21.[Cl-].[Cl-]. The molecule has 0 bridgehead atoms. The minimum Gasteiger partial charge on any atom is -1.00 e. The summed E-state index contributed by atoms with van der Waals surface area (Å²) in [5.41, 5.74) is 7.65. The summed E-state index contributed by atoms with van der Waals surface area (Å²) in [7, 11) is 0. The molecule has 9 heteroatoms. The molecule has 0 saturated carbocycles. The molecule has 0 radical (unpaired) electrons. The summed E-state index contributed by atoms with van der Waals surface area (Å²) in [6.45, 7) is 22.0. The number of benzene rings is 4. The average molecular weight is 919 g/mol. The summed E-state index contributed by atoms with van der Waals surface area (Å²) in [6, 6.07) is 24.3. The van der Waals surface area contributed by atoms with Crippen molar-refractivity contribution in [3.05, 3.63) is 150 Å². The number of halogens is 8. The number of rotatable bonds is 7. The predicted octanol–water partition coefficient (Wildman–Crippen LogP) is 8.96. The minimum absolute atomic E-state index is 0. The summed E-state index contributed by atoms with van der Waals surface area (Å²) >= 11 is -3.63. The van der Waals surface area contributed by atoms with Crippen LogP contribution in [-0.4, -0.2) is 3.21 Å². The Balaban J connectivity index is 0.00000372. The number of hydrogen-bond donors (Lipinski definition) is 0. The number of alkyl halides is 6. The van der Waals surface area contributed by atoms with Crippen LogP contribution in [0.15, 0.2) is 106 Å². The zero-order valence-corrected chi connectivity index (χ0v) is 39.0. The first-order chi connectivity index (χ1) is 25.9. The maximum atomic E-state index is 14.1. The van der Waals surface area contributed by atoms with E-state index in [-0.39, 0.29) is 50.6 Å². The van der Waals surface area contributed by atoms with E-state index in [0.29, 0.717) is 11.1 Å². The average Bonchev–Trinajstić information content (AvgIpc) is 3.67. The van der Waals surface area contributed by atoms with Gasteiger partial charge in [0, 0.05) is 0 Å². The van der Waals surface area contributed by atoms with Crippen molar-refractivity contribution in [1.29, 1.82) is 0 Å². The van der Waals surface area contributed by atoms with Gasteiger partial charge in [-0.05, 0) is 0 Å². The van der Waals surface area contributed by atoms with Crippen LogP contribution in [0.1, 0.15) is 137 Å². The van der Waals surface area contributed by atoms with Gasteiger partial charge in [0.1, 0.15) is 0 Å². The van der Waals surface area contributed by atoms with Crippen molar-refractivity contribution in [3.8, 4) is 11.1 Å². The second-order valence-electron chi connectivity index (χ2n) is 18.7. The molecule has 0 amide bonds. The van der Waals surface area contributed by atoms with Crippen LogP contribution in [-0.2, 0) is 44.4 Å². The number of hydrogen-bond acceptors (Lipinski definition) is 0. The van der Waals surface area contributed by atoms with E-state index in [4.69, 9.17) is 0 Å². The summed E-state index contributed by atoms with van der Waals surface area (Å²) in [6.07, 6.45) is -1.32. The first-order valence-corrected chi connectivity index (χ1v) is 23.6. The molecule has 0 N–H and O–H groups in total. The summed E-state index contributed by atoms with van der Waals surface area (Å²) in [5.74, 6) is 0.113. The molecule has 0 aromatic heterocycles. The fraction of sp³-hybridized carbons (Fsp3) is 0.408. The molecule has 6 rings (SSSR count). The van der Waals surface area contributed by atoms with Gasteiger partial charge in [-0.2, -0.15) is 0 Å². The van der Waals surface area contributed by atoms with Crippen LogP contribution in [0.2, 0.25) is 0 Å². The summed E-state index contributed by atoms with van der Waals surface area (Å²) in [4.78, 5) is 0. The Bertz CT molecular complexity index is 2080. The van der Waals surface area contributed by atoms with E-state index < -0.39 is 44.7 Å². The summed E-state index contributed by atoms with van der Waals surface area (Å²) in [5, 5.41) is 0. The molecule has 58 heavy (non-hydrogen) atoms. The number of fused-ring (bicyclic) bond motifs is 3. The van der Waals surface area contributed by atoms with Crippen molar-refractivity contribution in [2.75, 3.05) is 0 Å². The molecular formula is C49H54Cl2F6Zr. The third-order valence-electron chi connectivity index (χ3n) is 11.4. The summed E-state index contributed by atoms with van der Waals surface area (Å²) < 4.78 is 86.5. The van der Waals surface area contributed by atoms with Crippen LogP contribution in [0.25, 0.3) is 11.1 Å². The topological polar surface area (TPSA) is 0 Å². The Morgan fingerprint density at radius 1 is 0.552 bits per heavy atom. The fourth-order valence-electron chi connectivity index (χ4n) is 8.13. The molecule has 4 aromatic carbocycles. The monoisotopic (exact) mass is 916 g/mol. The molecule has 310 valence electrons. The molecule has 1 unspecified atom stereocenters. The second kappa shape index (κ2) is 17.3. The van der Waals surface area contributed by atoms with Gasteiger partial charge >= 0.3 is 339 Å². The van der Waals surface area contributed by atoms with E-state index in [2.05, 4.69) is 118 Å². The smallest absolute Gasteiger partial charge is 1.00 e. The zero-order chi connectivity index (χ0) is 41.2. The fourth-order valence-corrected chi connectivity index (χ4v) is 17.7. The van der Waals surface area contributed by atoms with Gasteiger partial charge in [-0.3, -0.25) is 0 Å². The molecule has 1 atom stereocenters. The predicted molar refractivity (Wildman–Crippen MR) is 216 cm³/mol. The molecule has 0 heterocycles. The Kier molecular flexibility index (Phi) is 14.3. The Labute approximate surface area is 361 Å². The van der Waals surface area contributed by atoms with E-state index in [1.54, 1.807) is 24.3 Å². The minimum atomic E-state index is -4.53. The molecule has 0 aliphatic heterocycles. The molecule has 0 fully saturated rings. The van der Waals surface area contributed by atoms with Crippen LogP contribution in [0.5, 0.6) is 0 Å². The molecule has 2 aliphatic rings. The van der Waals surface area contributed by atoms with Crippen LogP contribution in [0.4, 0.5) is 26.3 Å². The van der Waals surface area contributed by atoms with E-state index in [0.717, 1.165) is 57.9 Å². The molecule has 2 aliphatic carbocycles. The molecule has 0 nitrogen and oxygen atoms in total. The van der Waals surface area contributed by atoms with Gasteiger partial charge in [0.2, 0.25) is 0 Å². The first-order valence-electron chi connectivity index (χ1n) is 19.7. The van der Waals surface area contributed by atoms with Crippen LogP contribution >= 0.6 is 0 Å². The van der Waals surface area contributed by atoms with E-state index >= 15 is 0 Å². The third kappa shape index (κ3) is 9.90. The van der Waals surface area contributed by atoms with E-state index in [1.807, 2.05) is 0 Å². The van der Waals surface area contributed by atoms with Crippen LogP contribution < -0.4 is 24.8 Å². The zero-order valence-electron chi connectivity index (χ0n) is 35.0. The Hall–Kier alpha value is -2.73.